The average molecular weight is 254 g/mol. The van der Waals surface area contributed by atoms with E-state index in [2.05, 4.69) is 10.3 Å². The molecule has 4 nitrogen and oxygen atoms in total. The zero-order valence-corrected chi connectivity index (χ0v) is 10.5. The molecule has 0 fully saturated rings. The van der Waals surface area contributed by atoms with Gasteiger partial charge in [-0.1, -0.05) is 30.3 Å². The van der Waals surface area contributed by atoms with Crippen LogP contribution in [0.15, 0.2) is 48.8 Å². The number of pyridine rings is 1. The molecule has 2 aromatic rings. The van der Waals surface area contributed by atoms with E-state index in [4.69, 9.17) is 0 Å². The van der Waals surface area contributed by atoms with E-state index < -0.39 is 0 Å². The Kier molecular flexibility index (Phi) is 4.03. The molecule has 0 bridgehead atoms. The van der Waals surface area contributed by atoms with Gasteiger partial charge >= 0.3 is 0 Å². The van der Waals surface area contributed by atoms with Crippen LogP contribution in [-0.4, -0.2) is 17.2 Å². The Balaban J connectivity index is 2.10. The lowest BCUT2D eigenvalue weighted by atomic mass is 10.1. The normalized spacial score (nSPS) is 11.6. The van der Waals surface area contributed by atoms with Crippen LogP contribution in [0, 0.1) is 0 Å². The monoisotopic (exact) mass is 254 g/mol. The Morgan fingerprint density at radius 3 is 2.68 bits per heavy atom. The van der Waals surface area contributed by atoms with Crippen molar-refractivity contribution in [3.05, 3.63) is 65.5 Å². The highest BCUT2D eigenvalue weighted by molar-refractivity contribution is 5.95. The SMILES string of the molecule is CC(NC(=O)c1cncc(C=O)c1)c1ccccc1. The van der Waals surface area contributed by atoms with Gasteiger partial charge in [0, 0.05) is 18.0 Å². The number of aromatic nitrogens is 1. The van der Waals surface area contributed by atoms with Crippen molar-refractivity contribution in [3.63, 3.8) is 0 Å². The summed E-state index contributed by atoms with van der Waals surface area (Å²) in [7, 11) is 0. The molecule has 0 aliphatic carbocycles. The number of carbonyl (C=O) groups excluding carboxylic acids is 2. The molecule has 0 aliphatic rings. The molecule has 0 spiro atoms. The highest BCUT2D eigenvalue weighted by atomic mass is 16.1. The molecule has 0 saturated carbocycles. The van der Waals surface area contributed by atoms with Crippen molar-refractivity contribution in [2.24, 2.45) is 0 Å². The summed E-state index contributed by atoms with van der Waals surface area (Å²) in [5.74, 6) is -0.243. The van der Waals surface area contributed by atoms with E-state index in [-0.39, 0.29) is 11.9 Å². The zero-order valence-electron chi connectivity index (χ0n) is 10.5. The van der Waals surface area contributed by atoms with E-state index in [9.17, 15) is 9.59 Å². The highest BCUT2D eigenvalue weighted by Crippen LogP contribution is 2.12. The van der Waals surface area contributed by atoms with Crippen LogP contribution in [0.2, 0.25) is 0 Å². The first kappa shape index (κ1) is 13.0. The molecule has 1 unspecified atom stereocenters. The van der Waals surface area contributed by atoms with Gasteiger partial charge in [-0.05, 0) is 18.6 Å². The first-order valence-corrected chi connectivity index (χ1v) is 5.96. The number of carbonyl (C=O) groups is 2. The van der Waals surface area contributed by atoms with Crippen LogP contribution in [0.1, 0.15) is 39.2 Å². The Bertz CT molecular complexity index is 582. The van der Waals surface area contributed by atoms with Gasteiger partial charge < -0.3 is 5.32 Å². The summed E-state index contributed by atoms with van der Waals surface area (Å²) in [4.78, 5) is 26.5. The fourth-order valence-electron chi connectivity index (χ4n) is 1.75. The highest BCUT2D eigenvalue weighted by Gasteiger charge is 2.11. The lowest BCUT2D eigenvalue weighted by Crippen LogP contribution is -2.26. The van der Waals surface area contributed by atoms with Gasteiger partial charge in [0.15, 0.2) is 6.29 Å². The van der Waals surface area contributed by atoms with Crippen LogP contribution in [0.3, 0.4) is 0 Å². The number of aldehydes is 1. The van der Waals surface area contributed by atoms with E-state index in [1.54, 1.807) is 0 Å². The van der Waals surface area contributed by atoms with Gasteiger partial charge in [-0.3, -0.25) is 14.6 Å². The molecule has 19 heavy (non-hydrogen) atoms. The van der Waals surface area contributed by atoms with Crippen molar-refractivity contribution in [2.45, 2.75) is 13.0 Å². The lowest BCUT2D eigenvalue weighted by molar-refractivity contribution is 0.0939. The van der Waals surface area contributed by atoms with Gasteiger partial charge in [0.05, 0.1) is 11.6 Å². The summed E-state index contributed by atoms with van der Waals surface area (Å²) < 4.78 is 0. The summed E-state index contributed by atoms with van der Waals surface area (Å²) in [5.41, 5.74) is 1.79. The molecule has 1 aromatic carbocycles. The number of hydrogen-bond donors (Lipinski definition) is 1. The number of nitrogens with one attached hydrogen (secondary N) is 1. The molecule has 1 amide bonds. The molecule has 0 saturated heterocycles. The maximum Gasteiger partial charge on any atom is 0.253 e. The first-order chi connectivity index (χ1) is 9.20. The van der Waals surface area contributed by atoms with Crippen LogP contribution in [0.4, 0.5) is 0 Å². The molecule has 96 valence electrons. The van der Waals surface area contributed by atoms with Gasteiger partial charge in [-0.2, -0.15) is 0 Å². The van der Waals surface area contributed by atoms with Gasteiger partial charge in [-0.15, -0.1) is 0 Å². The largest absolute Gasteiger partial charge is 0.345 e. The number of nitrogens with zero attached hydrogens (tertiary/aromatic N) is 1. The molecule has 1 N–H and O–H groups in total. The summed E-state index contributed by atoms with van der Waals surface area (Å²) >= 11 is 0. The minimum absolute atomic E-state index is 0.103. The Labute approximate surface area is 111 Å². The van der Waals surface area contributed by atoms with Crippen LogP contribution in [0.5, 0.6) is 0 Å². The number of rotatable bonds is 4. The summed E-state index contributed by atoms with van der Waals surface area (Å²) in [6, 6.07) is 11.1. The van der Waals surface area contributed by atoms with E-state index in [0.717, 1.165) is 5.56 Å². The quantitative estimate of drug-likeness (QED) is 0.852. The molecule has 1 heterocycles. The second-order valence-corrected chi connectivity index (χ2v) is 4.23. The van der Waals surface area contributed by atoms with Gasteiger partial charge in [-0.25, -0.2) is 0 Å². The second-order valence-electron chi connectivity index (χ2n) is 4.23. The van der Waals surface area contributed by atoms with Crippen LogP contribution in [-0.2, 0) is 0 Å². The summed E-state index contributed by atoms with van der Waals surface area (Å²) in [6.45, 7) is 1.91. The van der Waals surface area contributed by atoms with Gasteiger partial charge in [0.2, 0.25) is 0 Å². The fourth-order valence-corrected chi connectivity index (χ4v) is 1.75. The second kappa shape index (κ2) is 5.91. The third-order valence-corrected chi connectivity index (χ3v) is 2.80. The van der Waals surface area contributed by atoms with Crippen molar-refractivity contribution >= 4 is 12.2 Å². The molecule has 0 aliphatic heterocycles. The van der Waals surface area contributed by atoms with Crippen molar-refractivity contribution < 1.29 is 9.59 Å². The predicted molar refractivity (Wildman–Crippen MR) is 71.9 cm³/mol. The smallest absolute Gasteiger partial charge is 0.253 e. The van der Waals surface area contributed by atoms with Gasteiger partial charge in [0.25, 0.3) is 5.91 Å². The van der Waals surface area contributed by atoms with Crippen molar-refractivity contribution in [2.75, 3.05) is 0 Å². The lowest BCUT2D eigenvalue weighted by Gasteiger charge is -2.14. The van der Waals surface area contributed by atoms with E-state index in [1.165, 1.54) is 18.5 Å². The van der Waals surface area contributed by atoms with Crippen molar-refractivity contribution in [1.82, 2.24) is 10.3 Å². The number of hydrogen-bond acceptors (Lipinski definition) is 3. The maximum absolute atomic E-state index is 12.0. The Hall–Kier alpha value is -2.49. The van der Waals surface area contributed by atoms with Crippen molar-refractivity contribution in [1.29, 1.82) is 0 Å². The summed E-state index contributed by atoms with van der Waals surface area (Å²) in [6.07, 6.45) is 3.54. The maximum atomic E-state index is 12.0. The minimum atomic E-state index is -0.243. The predicted octanol–water partition coefficient (Wildman–Crippen LogP) is 2.39. The molecular formula is C15H14N2O2. The van der Waals surface area contributed by atoms with Crippen LogP contribution >= 0.6 is 0 Å². The number of benzene rings is 1. The van der Waals surface area contributed by atoms with Crippen LogP contribution < -0.4 is 5.32 Å². The number of amides is 1. The standard InChI is InChI=1S/C15H14N2O2/c1-11(13-5-3-2-4-6-13)17-15(19)14-7-12(10-18)8-16-9-14/h2-11H,1H3,(H,17,19). The molecule has 4 heteroatoms. The molecule has 1 atom stereocenters. The third-order valence-electron chi connectivity index (χ3n) is 2.80. The molecule has 1 aromatic heterocycles. The first-order valence-electron chi connectivity index (χ1n) is 5.96. The molecule has 2 rings (SSSR count). The zero-order chi connectivity index (χ0) is 13.7. The topological polar surface area (TPSA) is 59.1 Å². The minimum Gasteiger partial charge on any atom is -0.345 e. The van der Waals surface area contributed by atoms with E-state index in [1.807, 2.05) is 37.3 Å². The molecule has 0 radical (unpaired) electrons. The Morgan fingerprint density at radius 1 is 1.26 bits per heavy atom. The van der Waals surface area contributed by atoms with E-state index >= 15 is 0 Å². The van der Waals surface area contributed by atoms with Crippen LogP contribution in [0.25, 0.3) is 0 Å². The Morgan fingerprint density at radius 2 is 2.00 bits per heavy atom. The fraction of sp³-hybridized carbons (Fsp3) is 0.133. The third kappa shape index (κ3) is 3.25. The van der Waals surface area contributed by atoms with E-state index in [0.29, 0.717) is 17.4 Å². The van der Waals surface area contributed by atoms with Gasteiger partial charge in [0.1, 0.15) is 0 Å². The average Bonchev–Trinajstić information content (AvgIpc) is 2.48. The molecular weight excluding hydrogens is 240 g/mol. The summed E-state index contributed by atoms with van der Waals surface area (Å²) in [5, 5.41) is 2.87. The van der Waals surface area contributed by atoms with Crippen molar-refractivity contribution in [3.8, 4) is 0 Å².